The third-order valence-electron chi connectivity index (χ3n) is 5.26. The largest absolute Gasteiger partial charge is 0.497 e. The van der Waals surface area contributed by atoms with E-state index in [0.29, 0.717) is 17.9 Å². The van der Waals surface area contributed by atoms with Crippen LogP contribution in [-0.4, -0.2) is 41.8 Å². The molecule has 0 unspecified atom stereocenters. The zero-order valence-corrected chi connectivity index (χ0v) is 16.5. The van der Waals surface area contributed by atoms with Crippen LogP contribution in [0.4, 0.5) is 5.82 Å². The lowest BCUT2D eigenvalue weighted by molar-refractivity contribution is 0.372. The molecular formula is C21H30N4O2. The molecular weight excluding hydrogens is 340 g/mol. The van der Waals surface area contributed by atoms with E-state index in [2.05, 4.69) is 34.3 Å². The van der Waals surface area contributed by atoms with Gasteiger partial charge in [-0.2, -0.15) is 0 Å². The summed E-state index contributed by atoms with van der Waals surface area (Å²) in [6, 6.07) is 9.09. The second-order valence-electron chi connectivity index (χ2n) is 7.41. The molecule has 6 heteroatoms. The molecule has 0 aliphatic carbocycles. The van der Waals surface area contributed by atoms with Crippen molar-refractivity contribution in [3.05, 3.63) is 52.6 Å². The van der Waals surface area contributed by atoms with E-state index < -0.39 is 0 Å². The molecule has 27 heavy (non-hydrogen) atoms. The zero-order valence-electron chi connectivity index (χ0n) is 16.5. The molecule has 146 valence electrons. The van der Waals surface area contributed by atoms with E-state index in [4.69, 9.17) is 4.74 Å². The first kappa shape index (κ1) is 19.4. The van der Waals surface area contributed by atoms with Gasteiger partial charge in [0.25, 0.3) is 5.56 Å². The van der Waals surface area contributed by atoms with Crippen molar-refractivity contribution in [3.8, 4) is 5.75 Å². The summed E-state index contributed by atoms with van der Waals surface area (Å²) >= 11 is 0. The van der Waals surface area contributed by atoms with E-state index in [-0.39, 0.29) is 5.56 Å². The molecule has 0 radical (unpaired) electrons. The van der Waals surface area contributed by atoms with Gasteiger partial charge in [-0.15, -0.1) is 0 Å². The molecule has 0 bridgehead atoms. The summed E-state index contributed by atoms with van der Waals surface area (Å²) in [5, 5.41) is 3.74. The number of hydrogen-bond acceptors (Lipinski definition) is 5. The third kappa shape index (κ3) is 5.10. The van der Waals surface area contributed by atoms with Crippen LogP contribution in [0.15, 0.2) is 41.5 Å². The lowest BCUT2D eigenvalue weighted by Crippen LogP contribution is -2.50. The summed E-state index contributed by atoms with van der Waals surface area (Å²) in [5.41, 5.74) is 1.30. The number of methoxy groups -OCH3 is 1. The number of aromatic nitrogens is 2. The van der Waals surface area contributed by atoms with Crippen molar-refractivity contribution >= 4 is 5.82 Å². The molecule has 1 saturated heterocycles. The Bertz CT molecular complexity index is 788. The first-order valence-corrected chi connectivity index (χ1v) is 9.72. The maximum Gasteiger partial charge on any atom is 0.293 e. The summed E-state index contributed by atoms with van der Waals surface area (Å²) < 4.78 is 6.81. The second kappa shape index (κ2) is 9.04. The van der Waals surface area contributed by atoms with Crippen molar-refractivity contribution in [2.45, 2.75) is 44.7 Å². The SMILES string of the molecule is COc1ccc(CC[C@@H](C)N[C@H]2CCCN(c3nccn(C)c3=O)C2)cc1. The number of piperidine rings is 1. The summed E-state index contributed by atoms with van der Waals surface area (Å²) in [6.07, 6.45) is 7.72. The van der Waals surface area contributed by atoms with Crippen molar-refractivity contribution in [1.29, 1.82) is 0 Å². The summed E-state index contributed by atoms with van der Waals surface area (Å²) in [4.78, 5) is 18.8. The van der Waals surface area contributed by atoms with Crippen molar-refractivity contribution in [3.63, 3.8) is 0 Å². The molecule has 0 spiro atoms. The number of anilines is 1. The fourth-order valence-corrected chi connectivity index (χ4v) is 3.67. The Kier molecular flexibility index (Phi) is 6.50. The molecule has 1 N–H and O–H groups in total. The Morgan fingerprint density at radius 1 is 1.33 bits per heavy atom. The topological polar surface area (TPSA) is 59.4 Å². The Morgan fingerprint density at radius 3 is 2.85 bits per heavy atom. The quantitative estimate of drug-likeness (QED) is 0.811. The highest BCUT2D eigenvalue weighted by Crippen LogP contribution is 2.17. The van der Waals surface area contributed by atoms with Crippen molar-refractivity contribution < 1.29 is 4.74 Å². The lowest BCUT2D eigenvalue weighted by atomic mass is 10.0. The van der Waals surface area contributed by atoms with Gasteiger partial charge in [-0.25, -0.2) is 4.98 Å². The van der Waals surface area contributed by atoms with Gasteiger partial charge in [0.15, 0.2) is 5.82 Å². The van der Waals surface area contributed by atoms with Crippen LogP contribution in [0.1, 0.15) is 31.7 Å². The maximum absolute atomic E-state index is 12.3. The van der Waals surface area contributed by atoms with Gasteiger partial charge in [-0.05, 0) is 50.3 Å². The Morgan fingerprint density at radius 2 is 2.11 bits per heavy atom. The fourth-order valence-electron chi connectivity index (χ4n) is 3.67. The molecule has 1 fully saturated rings. The van der Waals surface area contributed by atoms with Crippen molar-refractivity contribution in [2.24, 2.45) is 7.05 Å². The van der Waals surface area contributed by atoms with Gasteiger partial charge in [-0.1, -0.05) is 12.1 Å². The van der Waals surface area contributed by atoms with Gasteiger partial charge in [0.05, 0.1) is 7.11 Å². The minimum Gasteiger partial charge on any atom is -0.497 e. The van der Waals surface area contributed by atoms with Crippen LogP contribution in [0.25, 0.3) is 0 Å². The van der Waals surface area contributed by atoms with Crippen LogP contribution in [0, 0.1) is 0 Å². The first-order valence-electron chi connectivity index (χ1n) is 9.72. The summed E-state index contributed by atoms with van der Waals surface area (Å²) in [6.45, 7) is 3.96. The average molecular weight is 370 g/mol. The van der Waals surface area contributed by atoms with Gasteiger partial charge >= 0.3 is 0 Å². The molecule has 1 aromatic carbocycles. The maximum atomic E-state index is 12.3. The number of hydrogen-bond donors (Lipinski definition) is 1. The van der Waals surface area contributed by atoms with E-state index in [1.807, 2.05) is 12.1 Å². The number of aryl methyl sites for hydroxylation is 2. The van der Waals surface area contributed by atoms with Gasteiger partial charge in [-0.3, -0.25) is 4.79 Å². The van der Waals surface area contributed by atoms with Crippen molar-refractivity contribution in [2.75, 3.05) is 25.1 Å². The molecule has 0 amide bonds. The molecule has 6 nitrogen and oxygen atoms in total. The van der Waals surface area contributed by atoms with E-state index in [1.165, 1.54) is 5.56 Å². The molecule has 0 saturated carbocycles. The minimum absolute atomic E-state index is 0.0225. The van der Waals surface area contributed by atoms with E-state index >= 15 is 0 Å². The molecule has 2 heterocycles. The van der Waals surface area contributed by atoms with Crippen LogP contribution >= 0.6 is 0 Å². The van der Waals surface area contributed by atoms with Crippen LogP contribution in [0.3, 0.4) is 0 Å². The van der Waals surface area contributed by atoms with Crippen LogP contribution < -0.4 is 20.5 Å². The van der Waals surface area contributed by atoms with Crippen LogP contribution in [0.5, 0.6) is 5.75 Å². The standard InChI is InChI=1S/C21H30N4O2/c1-16(6-7-17-8-10-19(27-3)11-9-17)23-18-5-4-13-25(15-18)20-21(26)24(2)14-12-22-20/h8-12,14,16,18,23H,4-7,13,15H2,1-3H3/t16-,18+/m1/s1. The fraction of sp³-hybridized carbons (Fsp3) is 0.524. The summed E-state index contributed by atoms with van der Waals surface area (Å²) in [7, 11) is 3.46. The minimum atomic E-state index is -0.0225. The van der Waals surface area contributed by atoms with Crippen molar-refractivity contribution in [1.82, 2.24) is 14.9 Å². The molecule has 1 aliphatic rings. The molecule has 2 aromatic rings. The van der Waals surface area contributed by atoms with Gasteiger partial charge < -0.3 is 19.5 Å². The Labute approximate surface area is 161 Å². The zero-order chi connectivity index (χ0) is 19.2. The number of ether oxygens (including phenoxy) is 1. The number of benzene rings is 1. The monoisotopic (exact) mass is 370 g/mol. The number of nitrogens with one attached hydrogen (secondary N) is 1. The van der Waals surface area contributed by atoms with Crippen LogP contribution in [-0.2, 0) is 13.5 Å². The number of rotatable bonds is 7. The Hall–Kier alpha value is -2.34. The first-order chi connectivity index (χ1) is 13.1. The number of nitrogens with zero attached hydrogens (tertiary/aromatic N) is 3. The normalized spacial score (nSPS) is 18.3. The molecule has 2 atom stereocenters. The van der Waals surface area contributed by atoms with Gasteiger partial charge in [0, 0.05) is 44.6 Å². The Balaban J connectivity index is 1.52. The second-order valence-corrected chi connectivity index (χ2v) is 7.41. The average Bonchev–Trinajstić information content (AvgIpc) is 2.69. The third-order valence-corrected chi connectivity index (χ3v) is 5.26. The van der Waals surface area contributed by atoms with E-state index in [9.17, 15) is 4.79 Å². The predicted molar refractivity (Wildman–Crippen MR) is 109 cm³/mol. The molecule has 3 rings (SSSR count). The van der Waals surface area contributed by atoms with Gasteiger partial charge in [0.2, 0.25) is 0 Å². The highest BCUT2D eigenvalue weighted by Gasteiger charge is 2.23. The van der Waals surface area contributed by atoms with E-state index in [1.54, 1.807) is 31.1 Å². The molecule has 1 aromatic heterocycles. The lowest BCUT2D eigenvalue weighted by Gasteiger charge is -2.35. The predicted octanol–water partition coefficient (Wildman–Crippen LogP) is 2.37. The van der Waals surface area contributed by atoms with Gasteiger partial charge in [0.1, 0.15) is 5.75 Å². The molecule has 1 aliphatic heterocycles. The highest BCUT2D eigenvalue weighted by atomic mass is 16.5. The highest BCUT2D eigenvalue weighted by molar-refractivity contribution is 5.36. The summed E-state index contributed by atoms with van der Waals surface area (Å²) in [5.74, 6) is 1.46. The van der Waals surface area contributed by atoms with E-state index in [0.717, 1.165) is 44.5 Å². The smallest absolute Gasteiger partial charge is 0.293 e. The van der Waals surface area contributed by atoms with Crippen LogP contribution in [0.2, 0.25) is 0 Å².